The molecule has 1 N–H and O–H groups in total. The maximum Gasteiger partial charge on any atom is 0.223 e. The van der Waals surface area contributed by atoms with E-state index in [1.807, 2.05) is 0 Å². The fourth-order valence-corrected chi connectivity index (χ4v) is 3.04. The minimum absolute atomic E-state index is 0. The Morgan fingerprint density at radius 3 is 2.65 bits per heavy atom. The van der Waals surface area contributed by atoms with Crippen molar-refractivity contribution in [2.45, 2.75) is 51.5 Å². The standard InChI is InChI=1S/C13H24N2O.ClH/c1-2-12-4-3-9-15(12)13(16)10-11-5-7-14-8-6-11;/h11-12,14H,2-10H2,1H3;1H. The lowest BCUT2D eigenvalue weighted by molar-refractivity contribution is -0.133. The van der Waals surface area contributed by atoms with Crippen molar-refractivity contribution in [3.63, 3.8) is 0 Å². The summed E-state index contributed by atoms with van der Waals surface area (Å²) in [7, 11) is 0. The molecule has 2 aliphatic rings. The van der Waals surface area contributed by atoms with E-state index in [0.29, 0.717) is 17.9 Å². The first-order valence-electron chi connectivity index (χ1n) is 6.81. The van der Waals surface area contributed by atoms with Crippen LogP contribution in [0.25, 0.3) is 0 Å². The zero-order chi connectivity index (χ0) is 11.4. The number of hydrogen-bond donors (Lipinski definition) is 1. The first-order chi connectivity index (χ1) is 7.81. The van der Waals surface area contributed by atoms with Gasteiger partial charge in [0.05, 0.1) is 0 Å². The summed E-state index contributed by atoms with van der Waals surface area (Å²) in [5, 5.41) is 3.35. The SMILES string of the molecule is CCC1CCCN1C(=O)CC1CCNCC1.Cl. The highest BCUT2D eigenvalue weighted by Crippen LogP contribution is 2.24. The molecule has 2 saturated heterocycles. The predicted octanol–water partition coefficient (Wildman–Crippen LogP) is 2.20. The van der Waals surface area contributed by atoms with E-state index in [2.05, 4.69) is 17.1 Å². The van der Waals surface area contributed by atoms with Crippen LogP contribution in [-0.2, 0) is 4.79 Å². The van der Waals surface area contributed by atoms with E-state index in [1.54, 1.807) is 0 Å². The van der Waals surface area contributed by atoms with E-state index in [1.165, 1.54) is 25.7 Å². The highest BCUT2D eigenvalue weighted by molar-refractivity contribution is 5.85. The summed E-state index contributed by atoms with van der Waals surface area (Å²) in [6, 6.07) is 0.536. The average Bonchev–Trinajstić information content (AvgIpc) is 2.78. The lowest BCUT2D eigenvalue weighted by atomic mass is 9.94. The number of piperidine rings is 1. The van der Waals surface area contributed by atoms with Crippen LogP contribution in [0.4, 0.5) is 0 Å². The van der Waals surface area contributed by atoms with Crippen LogP contribution in [0.1, 0.15) is 45.4 Å². The minimum atomic E-state index is 0. The van der Waals surface area contributed by atoms with E-state index in [-0.39, 0.29) is 12.4 Å². The predicted molar refractivity (Wildman–Crippen MR) is 72.5 cm³/mol. The maximum absolute atomic E-state index is 12.2. The van der Waals surface area contributed by atoms with Gasteiger partial charge in [-0.3, -0.25) is 4.79 Å². The number of carbonyl (C=O) groups excluding carboxylic acids is 1. The van der Waals surface area contributed by atoms with Crippen molar-refractivity contribution < 1.29 is 4.79 Å². The second kappa shape index (κ2) is 7.22. The molecule has 0 saturated carbocycles. The van der Waals surface area contributed by atoms with Gasteiger partial charge in [0.15, 0.2) is 0 Å². The summed E-state index contributed by atoms with van der Waals surface area (Å²) in [4.78, 5) is 14.3. The summed E-state index contributed by atoms with van der Waals surface area (Å²) < 4.78 is 0. The summed E-state index contributed by atoms with van der Waals surface area (Å²) in [5.41, 5.74) is 0. The van der Waals surface area contributed by atoms with Gasteiger partial charge in [-0.25, -0.2) is 0 Å². The Labute approximate surface area is 111 Å². The number of nitrogens with one attached hydrogen (secondary N) is 1. The molecule has 2 rings (SSSR count). The Hall–Kier alpha value is -0.280. The summed E-state index contributed by atoms with van der Waals surface area (Å²) >= 11 is 0. The van der Waals surface area contributed by atoms with Gasteiger partial charge in [0.2, 0.25) is 5.91 Å². The van der Waals surface area contributed by atoms with E-state index in [9.17, 15) is 4.79 Å². The van der Waals surface area contributed by atoms with Crippen molar-refractivity contribution in [2.24, 2.45) is 5.92 Å². The van der Waals surface area contributed by atoms with E-state index < -0.39 is 0 Å². The van der Waals surface area contributed by atoms with Crippen molar-refractivity contribution in [3.8, 4) is 0 Å². The molecule has 3 nitrogen and oxygen atoms in total. The quantitative estimate of drug-likeness (QED) is 0.844. The van der Waals surface area contributed by atoms with Gasteiger partial charge in [-0.15, -0.1) is 12.4 Å². The molecule has 0 aromatic rings. The smallest absolute Gasteiger partial charge is 0.223 e. The molecule has 2 fully saturated rings. The molecule has 4 heteroatoms. The highest BCUT2D eigenvalue weighted by atomic mass is 35.5. The summed E-state index contributed by atoms with van der Waals surface area (Å²) in [6.07, 6.45) is 6.69. The molecule has 0 aliphatic carbocycles. The molecule has 0 aromatic heterocycles. The first kappa shape index (κ1) is 14.8. The Morgan fingerprint density at radius 1 is 1.29 bits per heavy atom. The van der Waals surface area contributed by atoms with Crippen LogP contribution in [0.3, 0.4) is 0 Å². The fourth-order valence-electron chi connectivity index (χ4n) is 3.04. The average molecular weight is 261 g/mol. The molecule has 1 amide bonds. The van der Waals surface area contributed by atoms with Crippen molar-refractivity contribution in [2.75, 3.05) is 19.6 Å². The number of rotatable bonds is 3. The third-order valence-corrected chi connectivity index (χ3v) is 4.09. The Morgan fingerprint density at radius 2 is 2.00 bits per heavy atom. The topological polar surface area (TPSA) is 32.3 Å². The van der Waals surface area contributed by atoms with Crippen molar-refractivity contribution in [1.29, 1.82) is 0 Å². The third kappa shape index (κ3) is 3.85. The number of nitrogens with zero attached hydrogens (tertiary/aromatic N) is 1. The van der Waals surface area contributed by atoms with E-state index in [0.717, 1.165) is 32.5 Å². The van der Waals surface area contributed by atoms with Gasteiger partial charge in [-0.1, -0.05) is 6.92 Å². The second-order valence-corrected chi connectivity index (χ2v) is 5.19. The monoisotopic (exact) mass is 260 g/mol. The molecule has 2 aliphatic heterocycles. The van der Waals surface area contributed by atoms with Crippen LogP contribution in [-0.4, -0.2) is 36.5 Å². The maximum atomic E-state index is 12.2. The van der Waals surface area contributed by atoms with Crippen LogP contribution in [0.15, 0.2) is 0 Å². The number of likely N-dealkylation sites (tertiary alicyclic amines) is 1. The Kier molecular flexibility index (Phi) is 6.28. The number of amides is 1. The highest BCUT2D eigenvalue weighted by Gasteiger charge is 2.28. The van der Waals surface area contributed by atoms with Crippen molar-refractivity contribution >= 4 is 18.3 Å². The first-order valence-corrected chi connectivity index (χ1v) is 6.81. The van der Waals surface area contributed by atoms with Crippen LogP contribution in [0.5, 0.6) is 0 Å². The molecule has 1 atom stereocenters. The summed E-state index contributed by atoms with van der Waals surface area (Å²) in [5.74, 6) is 1.04. The molecular formula is C13H25ClN2O. The molecule has 0 spiro atoms. The normalized spacial score (nSPS) is 25.7. The number of carbonyl (C=O) groups is 1. The van der Waals surface area contributed by atoms with Crippen LogP contribution < -0.4 is 5.32 Å². The number of halogens is 1. The molecule has 0 aromatic carbocycles. The minimum Gasteiger partial charge on any atom is -0.340 e. The van der Waals surface area contributed by atoms with Crippen LogP contribution >= 0.6 is 12.4 Å². The van der Waals surface area contributed by atoms with Gasteiger partial charge in [-0.05, 0) is 51.1 Å². The largest absolute Gasteiger partial charge is 0.340 e. The molecule has 100 valence electrons. The Balaban J connectivity index is 0.00000144. The van der Waals surface area contributed by atoms with Crippen LogP contribution in [0.2, 0.25) is 0 Å². The van der Waals surface area contributed by atoms with Gasteiger partial charge in [0.25, 0.3) is 0 Å². The number of hydrogen-bond acceptors (Lipinski definition) is 2. The zero-order valence-electron chi connectivity index (χ0n) is 10.8. The second-order valence-electron chi connectivity index (χ2n) is 5.19. The fraction of sp³-hybridized carbons (Fsp3) is 0.923. The van der Waals surface area contributed by atoms with E-state index >= 15 is 0 Å². The Bertz CT molecular complexity index is 242. The van der Waals surface area contributed by atoms with E-state index in [4.69, 9.17) is 0 Å². The molecular weight excluding hydrogens is 236 g/mol. The molecule has 0 bridgehead atoms. The zero-order valence-corrected chi connectivity index (χ0v) is 11.6. The van der Waals surface area contributed by atoms with Gasteiger partial charge in [0.1, 0.15) is 0 Å². The van der Waals surface area contributed by atoms with Crippen LogP contribution in [0, 0.1) is 5.92 Å². The summed E-state index contributed by atoms with van der Waals surface area (Å²) in [6.45, 7) is 5.38. The lowest BCUT2D eigenvalue weighted by Crippen LogP contribution is -2.37. The molecule has 0 radical (unpaired) electrons. The molecule has 2 heterocycles. The van der Waals surface area contributed by atoms with Gasteiger partial charge < -0.3 is 10.2 Å². The van der Waals surface area contributed by atoms with Crippen molar-refractivity contribution in [1.82, 2.24) is 10.2 Å². The molecule has 1 unspecified atom stereocenters. The molecule has 17 heavy (non-hydrogen) atoms. The van der Waals surface area contributed by atoms with Crippen molar-refractivity contribution in [3.05, 3.63) is 0 Å². The van der Waals surface area contributed by atoms with Gasteiger partial charge >= 0.3 is 0 Å². The van der Waals surface area contributed by atoms with Gasteiger partial charge in [-0.2, -0.15) is 0 Å². The third-order valence-electron chi connectivity index (χ3n) is 4.09. The van der Waals surface area contributed by atoms with Gasteiger partial charge in [0, 0.05) is 19.0 Å². The lowest BCUT2D eigenvalue weighted by Gasteiger charge is -2.28.